The summed E-state index contributed by atoms with van der Waals surface area (Å²) in [6.45, 7) is 6.58. The minimum atomic E-state index is 0.232. The Morgan fingerprint density at radius 3 is 2.90 bits per heavy atom. The third-order valence-electron chi connectivity index (χ3n) is 3.56. The lowest BCUT2D eigenvalue weighted by Crippen LogP contribution is -2.48. The van der Waals surface area contributed by atoms with Crippen molar-refractivity contribution in [2.75, 3.05) is 40.3 Å². The third-order valence-corrected chi connectivity index (χ3v) is 4.79. The number of rotatable bonds is 5. The Balaban J connectivity index is 1.73. The first kappa shape index (κ1) is 16.3. The maximum absolute atomic E-state index is 5.74. The van der Waals surface area contributed by atoms with Crippen LogP contribution in [0.4, 0.5) is 0 Å². The molecule has 0 saturated carbocycles. The van der Waals surface area contributed by atoms with Crippen molar-refractivity contribution in [1.29, 1.82) is 0 Å². The van der Waals surface area contributed by atoms with Crippen molar-refractivity contribution in [3.63, 3.8) is 0 Å². The molecule has 5 nitrogen and oxygen atoms in total. The number of morpholine rings is 1. The molecule has 0 spiro atoms. The molecule has 21 heavy (non-hydrogen) atoms. The number of hydrogen-bond donors (Lipinski definition) is 2. The number of nitrogens with one attached hydrogen (secondary N) is 2. The van der Waals surface area contributed by atoms with Gasteiger partial charge in [-0.3, -0.25) is 4.99 Å². The highest BCUT2D eigenvalue weighted by atomic mass is 32.1. The van der Waals surface area contributed by atoms with E-state index in [4.69, 9.17) is 4.74 Å². The number of aryl methyl sites for hydroxylation is 1. The molecule has 0 radical (unpaired) electrons. The van der Waals surface area contributed by atoms with Crippen molar-refractivity contribution < 1.29 is 4.74 Å². The number of guanidine groups is 1. The van der Waals surface area contributed by atoms with Gasteiger partial charge in [0.2, 0.25) is 0 Å². The SMILES string of the molecule is CCc1ccc(CNC(=NC)NCC2CN(C)CCO2)s1. The second-order valence-corrected chi connectivity index (χ2v) is 6.54. The molecule has 0 bridgehead atoms. The Morgan fingerprint density at radius 1 is 1.43 bits per heavy atom. The van der Waals surface area contributed by atoms with Crippen LogP contribution in [-0.2, 0) is 17.7 Å². The summed E-state index contributed by atoms with van der Waals surface area (Å²) in [7, 11) is 3.93. The second kappa shape index (κ2) is 8.36. The molecule has 1 aliphatic heterocycles. The van der Waals surface area contributed by atoms with Crippen LogP contribution in [0.3, 0.4) is 0 Å². The lowest BCUT2D eigenvalue weighted by Gasteiger charge is -2.30. The lowest BCUT2D eigenvalue weighted by atomic mass is 10.3. The first-order valence-corrected chi connectivity index (χ1v) is 8.35. The summed E-state index contributed by atoms with van der Waals surface area (Å²) in [5, 5.41) is 6.70. The Kier molecular flexibility index (Phi) is 6.48. The predicted octanol–water partition coefficient (Wildman–Crippen LogP) is 1.31. The van der Waals surface area contributed by atoms with Crippen molar-refractivity contribution in [3.05, 3.63) is 21.9 Å². The van der Waals surface area contributed by atoms with Crippen molar-refractivity contribution in [2.24, 2.45) is 4.99 Å². The van der Waals surface area contributed by atoms with E-state index in [1.807, 2.05) is 11.3 Å². The Labute approximate surface area is 131 Å². The van der Waals surface area contributed by atoms with E-state index < -0.39 is 0 Å². The second-order valence-electron chi connectivity index (χ2n) is 5.28. The van der Waals surface area contributed by atoms with Gasteiger partial charge in [0.25, 0.3) is 0 Å². The molecular weight excluding hydrogens is 284 g/mol. The molecular formula is C15H26N4OS. The van der Waals surface area contributed by atoms with Gasteiger partial charge in [-0.25, -0.2) is 0 Å². The minimum absolute atomic E-state index is 0.232. The van der Waals surface area contributed by atoms with Gasteiger partial charge in [-0.1, -0.05) is 6.92 Å². The lowest BCUT2D eigenvalue weighted by molar-refractivity contribution is -0.0161. The Hall–Kier alpha value is -1.11. The van der Waals surface area contributed by atoms with E-state index in [2.05, 4.69) is 46.6 Å². The number of hydrogen-bond acceptors (Lipinski definition) is 4. The molecule has 2 N–H and O–H groups in total. The largest absolute Gasteiger partial charge is 0.374 e. The molecule has 118 valence electrons. The summed E-state index contributed by atoms with van der Waals surface area (Å²) in [4.78, 5) is 9.32. The maximum Gasteiger partial charge on any atom is 0.191 e. The molecule has 2 heterocycles. The number of nitrogens with zero attached hydrogens (tertiary/aromatic N) is 2. The molecule has 1 saturated heterocycles. The minimum Gasteiger partial charge on any atom is -0.374 e. The first-order chi connectivity index (χ1) is 10.2. The van der Waals surface area contributed by atoms with Gasteiger partial charge >= 0.3 is 0 Å². The van der Waals surface area contributed by atoms with Crippen LogP contribution in [0.2, 0.25) is 0 Å². The Bertz CT molecular complexity index is 460. The van der Waals surface area contributed by atoms with Gasteiger partial charge in [0.1, 0.15) is 0 Å². The first-order valence-electron chi connectivity index (χ1n) is 7.53. The number of likely N-dealkylation sites (N-methyl/N-ethyl adjacent to an activating group) is 1. The van der Waals surface area contributed by atoms with E-state index >= 15 is 0 Å². The smallest absolute Gasteiger partial charge is 0.191 e. The maximum atomic E-state index is 5.74. The van der Waals surface area contributed by atoms with Gasteiger partial charge in [0, 0.05) is 36.4 Å². The topological polar surface area (TPSA) is 48.9 Å². The molecule has 0 aromatic carbocycles. The van der Waals surface area contributed by atoms with E-state index in [1.54, 1.807) is 7.05 Å². The molecule has 1 unspecified atom stereocenters. The summed E-state index contributed by atoms with van der Waals surface area (Å²) in [5.74, 6) is 0.832. The van der Waals surface area contributed by atoms with E-state index in [0.717, 1.165) is 45.2 Å². The zero-order valence-electron chi connectivity index (χ0n) is 13.2. The van der Waals surface area contributed by atoms with Gasteiger partial charge in [0.05, 0.1) is 19.3 Å². The summed E-state index contributed by atoms with van der Waals surface area (Å²) in [5.41, 5.74) is 0. The van der Waals surface area contributed by atoms with Crippen LogP contribution in [0.25, 0.3) is 0 Å². The van der Waals surface area contributed by atoms with Gasteiger partial charge in [0.15, 0.2) is 5.96 Å². The normalized spacial score (nSPS) is 20.5. The number of ether oxygens (including phenoxy) is 1. The van der Waals surface area contributed by atoms with E-state index in [0.29, 0.717) is 0 Å². The molecule has 1 aliphatic rings. The van der Waals surface area contributed by atoms with Crippen LogP contribution in [0.5, 0.6) is 0 Å². The fraction of sp³-hybridized carbons (Fsp3) is 0.667. The standard InChI is InChI=1S/C15H26N4OS/c1-4-13-5-6-14(21-13)10-18-15(16-2)17-9-12-11-19(3)7-8-20-12/h5-6,12H,4,7-11H2,1-3H3,(H2,16,17,18). The quantitative estimate of drug-likeness (QED) is 0.636. The predicted molar refractivity (Wildman–Crippen MR) is 89.1 cm³/mol. The Morgan fingerprint density at radius 2 is 2.24 bits per heavy atom. The number of aliphatic imine (C=N–C) groups is 1. The molecule has 1 fully saturated rings. The fourth-order valence-electron chi connectivity index (χ4n) is 2.30. The summed E-state index contributed by atoms with van der Waals surface area (Å²) >= 11 is 1.86. The molecule has 1 aromatic heterocycles. The molecule has 1 aromatic rings. The third kappa shape index (κ3) is 5.30. The summed E-state index contributed by atoms with van der Waals surface area (Å²) in [6.07, 6.45) is 1.33. The summed E-state index contributed by atoms with van der Waals surface area (Å²) < 4.78 is 5.74. The van der Waals surface area contributed by atoms with Gasteiger partial charge in [-0.15, -0.1) is 11.3 Å². The van der Waals surface area contributed by atoms with Crippen LogP contribution in [0.15, 0.2) is 17.1 Å². The van der Waals surface area contributed by atoms with E-state index in [9.17, 15) is 0 Å². The molecule has 0 amide bonds. The number of thiophene rings is 1. The molecule has 1 atom stereocenters. The van der Waals surface area contributed by atoms with Crippen LogP contribution in [-0.4, -0.2) is 57.3 Å². The van der Waals surface area contributed by atoms with Crippen molar-refractivity contribution in [1.82, 2.24) is 15.5 Å². The van der Waals surface area contributed by atoms with Crippen LogP contribution in [0.1, 0.15) is 16.7 Å². The van der Waals surface area contributed by atoms with Crippen molar-refractivity contribution >= 4 is 17.3 Å². The highest BCUT2D eigenvalue weighted by Crippen LogP contribution is 2.16. The van der Waals surface area contributed by atoms with Crippen LogP contribution < -0.4 is 10.6 Å². The average Bonchev–Trinajstić information content (AvgIpc) is 2.95. The van der Waals surface area contributed by atoms with Crippen molar-refractivity contribution in [3.8, 4) is 0 Å². The van der Waals surface area contributed by atoms with Crippen molar-refractivity contribution in [2.45, 2.75) is 26.0 Å². The molecule has 0 aliphatic carbocycles. The van der Waals surface area contributed by atoms with Gasteiger partial charge in [-0.2, -0.15) is 0 Å². The highest BCUT2D eigenvalue weighted by molar-refractivity contribution is 7.11. The van der Waals surface area contributed by atoms with Gasteiger partial charge in [-0.05, 0) is 25.6 Å². The van der Waals surface area contributed by atoms with Crippen LogP contribution in [0, 0.1) is 0 Å². The van der Waals surface area contributed by atoms with Crippen LogP contribution >= 0.6 is 11.3 Å². The zero-order valence-corrected chi connectivity index (χ0v) is 14.0. The van der Waals surface area contributed by atoms with E-state index in [-0.39, 0.29) is 6.10 Å². The zero-order chi connectivity index (χ0) is 15.1. The average molecular weight is 310 g/mol. The molecule has 2 rings (SSSR count). The molecule has 6 heteroatoms. The monoisotopic (exact) mass is 310 g/mol. The fourth-order valence-corrected chi connectivity index (χ4v) is 3.20. The summed E-state index contributed by atoms with van der Waals surface area (Å²) in [6, 6.07) is 4.38. The van der Waals surface area contributed by atoms with Gasteiger partial charge < -0.3 is 20.3 Å². The highest BCUT2D eigenvalue weighted by Gasteiger charge is 2.17. The van der Waals surface area contributed by atoms with E-state index in [1.165, 1.54) is 9.75 Å².